The van der Waals surface area contributed by atoms with Crippen LogP contribution in [0.3, 0.4) is 0 Å². The van der Waals surface area contributed by atoms with E-state index in [1.807, 2.05) is 24.5 Å². The molecular formula is C12H14O. The maximum absolute atomic E-state index is 9.90. The molecule has 1 aromatic rings. The maximum atomic E-state index is 9.90. The highest BCUT2D eigenvalue weighted by Gasteiger charge is 1.92. The van der Waals surface area contributed by atoms with Gasteiger partial charge in [-0.05, 0) is 24.8 Å². The molecule has 0 spiro atoms. The van der Waals surface area contributed by atoms with E-state index in [1.165, 1.54) is 5.56 Å². The van der Waals surface area contributed by atoms with E-state index in [0.29, 0.717) is 6.42 Å². The first-order chi connectivity index (χ1) is 6.43. The average molecular weight is 174 g/mol. The molecule has 0 fully saturated rings. The Morgan fingerprint density at radius 1 is 1.15 bits per heavy atom. The van der Waals surface area contributed by atoms with Crippen LogP contribution in [-0.2, 0) is 4.79 Å². The molecule has 0 saturated carbocycles. The summed E-state index contributed by atoms with van der Waals surface area (Å²) in [6, 6.07) is 10.3. The second-order valence-electron chi connectivity index (χ2n) is 3.00. The molecule has 1 nitrogen and oxygen atoms in total. The molecule has 0 atom stereocenters. The zero-order chi connectivity index (χ0) is 9.36. The molecule has 0 saturated heterocycles. The number of hydrogen-bond acceptors (Lipinski definition) is 1. The first kappa shape index (κ1) is 9.97. The van der Waals surface area contributed by atoms with Gasteiger partial charge in [0.25, 0.3) is 0 Å². The Morgan fingerprint density at radius 2 is 1.92 bits per heavy atom. The Hall–Kier alpha value is -1.11. The standard InChI is InChI=1S/C12H14O/c13-11-7-2-1-4-8-12-9-5-3-6-10-12/h3,5-6,8-10H,1-2,4,7H2. The van der Waals surface area contributed by atoms with Crippen molar-refractivity contribution >= 4 is 6.29 Å². The van der Waals surface area contributed by atoms with Gasteiger partial charge in [-0.25, -0.2) is 0 Å². The van der Waals surface area contributed by atoms with Gasteiger partial charge in [0.2, 0.25) is 0 Å². The van der Waals surface area contributed by atoms with E-state index in [4.69, 9.17) is 0 Å². The van der Waals surface area contributed by atoms with Crippen LogP contribution in [0.25, 0.3) is 0 Å². The Bertz CT molecular complexity index is 228. The van der Waals surface area contributed by atoms with E-state index in [0.717, 1.165) is 19.3 Å². The van der Waals surface area contributed by atoms with Crippen LogP contribution >= 0.6 is 0 Å². The quantitative estimate of drug-likeness (QED) is 0.606. The van der Waals surface area contributed by atoms with Crippen LogP contribution < -0.4 is 0 Å². The van der Waals surface area contributed by atoms with Gasteiger partial charge < -0.3 is 0 Å². The minimum Gasteiger partial charge on any atom is -0.291 e. The largest absolute Gasteiger partial charge is 0.291 e. The lowest BCUT2D eigenvalue weighted by Crippen LogP contribution is -1.82. The molecule has 0 heterocycles. The SMILES string of the molecule is O=[C]CCCC[CH]c1ccccc1. The summed E-state index contributed by atoms with van der Waals surface area (Å²) in [7, 11) is 0. The molecule has 1 aromatic carbocycles. The molecule has 0 bridgehead atoms. The predicted molar refractivity (Wildman–Crippen MR) is 54.0 cm³/mol. The molecule has 1 rings (SSSR count). The van der Waals surface area contributed by atoms with Crippen LogP contribution in [-0.4, -0.2) is 6.29 Å². The molecule has 1 heteroatoms. The number of carbonyl (C=O) groups excluding carboxylic acids is 1. The lowest BCUT2D eigenvalue weighted by Gasteiger charge is -1.98. The number of rotatable bonds is 6. The molecule has 0 aliphatic carbocycles. The second-order valence-corrected chi connectivity index (χ2v) is 3.00. The number of hydrogen-bond donors (Lipinski definition) is 0. The molecule has 0 aliphatic heterocycles. The van der Waals surface area contributed by atoms with Crippen molar-refractivity contribution in [3.63, 3.8) is 0 Å². The molecule has 2 radical (unpaired) electrons. The molecule has 68 valence electrons. The van der Waals surface area contributed by atoms with Gasteiger partial charge in [0, 0.05) is 6.42 Å². The molecule has 13 heavy (non-hydrogen) atoms. The van der Waals surface area contributed by atoms with Gasteiger partial charge in [-0.15, -0.1) is 0 Å². The van der Waals surface area contributed by atoms with E-state index in [1.54, 1.807) is 0 Å². The summed E-state index contributed by atoms with van der Waals surface area (Å²) in [6.07, 6.45) is 7.75. The summed E-state index contributed by atoms with van der Waals surface area (Å²) >= 11 is 0. The van der Waals surface area contributed by atoms with Crippen molar-refractivity contribution in [2.24, 2.45) is 0 Å². The Labute approximate surface area is 79.8 Å². The zero-order valence-corrected chi connectivity index (χ0v) is 7.70. The van der Waals surface area contributed by atoms with Crippen molar-refractivity contribution in [1.82, 2.24) is 0 Å². The summed E-state index contributed by atoms with van der Waals surface area (Å²) in [5.74, 6) is 0. The fraction of sp³-hybridized carbons (Fsp3) is 0.333. The van der Waals surface area contributed by atoms with Gasteiger partial charge in [0.1, 0.15) is 0 Å². The van der Waals surface area contributed by atoms with Gasteiger partial charge in [0.05, 0.1) is 0 Å². The first-order valence-electron chi connectivity index (χ1n) is 4.67. The molecule has 0 unspecified atom stereocenters. The highest BCUT2D eigenvalue weighted by molar-refractivity contribution is 5.50. The van der Waals surface area contributed by atoms with Crippen molar-refractivity contribution in [2.45, 2.75) is 25.7 Å². The minimum atomic E-state index is 0.572. The smallest absolute Gasteiger partial charge is 0.198 e. The third kappa shape index (κ3) is 4.46. The van der Waals surface area contributed by atoms with Crippen LogP contribution in [0.5, 0.6) is 0 Å². The average Bonchev–Trinajstić information content (AvgIpc) is 2.19. The van der Waals surface area contributed by atoms with Gasteiger partial charge >= 0.3 is 0 Å². The van der Waals surface area contributed by atoms with Crippen molar-refractivity contribution in [2.75, 3.05) is 0 Å². The van der Waals surface area contributed by atoms with Crippen LogP contribution in [0, 0.1) is 6.42 Å². The topological polar surface area (TPSA) is 17.1 Å². The molecule has 0 N–H and O–H groups in total. The summed E-state index contributed by atoms with van der Waals surface area (Å²) < 4.78 is 0. The second kappa shape index (κ2) is 6.41. The summed E-state index contributed by atoms with van der Waals surface area (Å²) in [6.45, 7) is 0. The van der Waals surface area contributed by atoms with E-state index < -0.39 is 0 Å². The van der Waals surface area contributed by atoms with Crippen LogP contribution in [0.1, 0.15) is 31.2 Å². The van der Waals surface area contributed by atoms with Gasteiger partial charge in [-0.3, -0.25) is 4.79 Å². The normalized spacial score (nSPS) is 9.85. The van der Waals surface area contributed by atoms with Crippen LogP contribution in [0.4, 0.5) is 0 Å². The fourth-order valence-electron chi connectivity index (χ4n) is 1.20. The Kier molecular flexibility index (Phi) is 4.92. The van der Waals surface area contributed by atoms with E-state index in [-0.39, 0.29) is 0 Å². The monoisotopic (exact) mass is 174 g/mol. The zero-order valence-electron chi connectivity index (χ0n) is 7.70. The van der Waals surface area contributed by atoms with Crippen molar-refractivity contribution in [3.05, 3.63) is 42.3 Å². The lowest BCUT2D eigenvalue weighted by molar-refractivity contribution is 0.546. The highest BCUT2D eigenvalue weighted by Crippen LogP contribution is 2.08. The molecule has 0 aromatic heterocycles. The van der Waals surface area contributed by atoms with Gasteiger partial charge in [-0.2, -0.15) is 0 Å². The van der Waals surface area contributed by atoms with Crippen molar-refractivity contribution in [3.8, 4) is 0 Å². The number of unbranched alkanes of at least 4 members (excludes halogenated alkanes) is 3. The summed E-state index contributed by atoms with van der Waals surface area (Å²) in [5.41, 5.74) is 1.26. The predicted octanol–water partition coefficient (Wildman–Crippen LogP) is 2.91. The van der Waals surface area contributed by atoms with Crippen molar-refractivity contribution in [1.29, 1.82) is 0 Å². The maximum Gasteiger partial charge on any atom is 0.198 e. The highest BCUT2D eigenvalue weighted by atomic mass is 16.1. The summed E-state index contributed by atoms with van der Waals surface area (Å²) in [4.78, 5) is 9.90. The fourth-order valence-corrected chi connectivity index (χ4v) is 1.20. The van der Waals surface area contributed by atoms with E-state index in [2.05, 4.69) is 18.6 Å². The molecule has 0 amide bonds. The minimum absolute atomic E-state index is 0.572. The summed E-state index contributed by atoms with van der Waals surface area (Å²) in [5, 5.41) is 0. The Balaban J connectivity index is 2.10. The first-order valence-corrected chi connectivity index (χ1v) is 4.67. The van der Waals surface area contributed by atoms with Gasteiger partial charge in [0.15, 0.2) is 6.29 Å². The van der Waals surface area contributed by atoms with E-state index >= 15 is 0 Å². The van der Waals surface area contributed by atoms with Crippen LogP contribution in [0.15, 0.2) is 30.3 Å². The number of benzene rings is 1. The van der Waals surface area contributed by atoms with E-state index in [9.17, 15) is 4.79 Å². The lowest BCUT2D eigenvalue weighted by atomic mass is 10.1. The molecular weight excluding hydrogens is 160 g/mol. The van der Waals surface area contributed by atoms with Crippen molar-refractivity contribution < 1.29 is 4.79 Å². The molecule has 0 aliphatic rings. The third-order valence-corrected chi connectivity index (χ3v) is 1.91. The third-order valence-electron chi connectivity index (χ3n) is 1.91. The van der Waals surface area contributed by atoms with Crippen LogP contribution in [0.2, 0.25) is 0 Å². The van der Waals surface area contributed by atoms with Gasteiger partial charge in [-0.1, -0.05) is 36.8 Å². The Morgan fingerprint density at radius 3 is 2.62 bits per heavy atom.